The van der Waals surface area contributed by atoms with Crippen LogP contribution in [0.4, 0.5) is 0 Å². The third-order valence-corrected chi connectivity index (χ3v) is 2.43. The Kier molecular flexibility index (Phi) is 3.84. The van der Waals surface area contributed by atoms with Gasteiger partial charge in [-0.2, -0.15) is 0 Å². The standard InChI is InChI=1S/C11H17N3O2/c1-11(2,10(12)16)13-6-8-14-7-4-3-5-9(14)15/h3-5,7,13H,6,8H2,1-2H3,(H2,12,16). The Labute approximate surface area is 94.3 Å². The Morgan fingerprint density at radius 3 is 2.75 bits per heavy atom. The number of pyridine rings is 1. The van der Waals surface area contributed by atoms with E-state index in [2.05, 4.69) is 5.32 Å². The topological polar surface area (TPSA) is 77.1 Å². The van der Waals surface area contributed by atoms with Gasteiger partial charge in [0.25, 0.3) is 5.56 Å². The molecule has 0 bridgehead atoms. The van der Waals surface area contributed by atoms with Gasteiger partial charge in [0.15, 0.2) is 0 Å². The molecule has 0 aliphatic rings. The number of hydrogen-bond acceptors (Lipinski definition) is 3. The Morgan fingerprint density at radius 2 is 2.19 bits per heavy atom. The lowest BCUT2D eigenvalue weighted by Crippen LogP contribution is -2.51. The lowest BCUT2D eigenvalue weighted by Gasteiger charge is -2.22. The first-order chi connectivity index (χ1) is 7.43. The van der Waals surface area contributed by atoms with Crippen LogP contribution in [0.2, 0.25) is 0 Å². The van der Waals surface area contributed by atoms with E-state index in [4.69, 9.17) is 5.73 Å². The van der Waals surface area contributed by atoms with Crippen LogP contribution in [0.5, 0.6) is 0 Å². The summed E-state index contributed by atoms with van der Waals surface area (Å²) in [5.74, 6) is -0.409. The molecule has 0 saturated heterocycles. The van der Waals surface area contributed by atoms with Crippen molar-refractivity contribution in [3.05, 3.63) is 34.7 Å². The van der Waals surface area contributed by atoms with E-state index in [-0.39, 0.29) is 5.56 Å². The van der Waals surface area contributed by atoms with Crippen LogP contribution in [-0.2, 0) is 11.3 Å². The average molecular weight is 223 g/mol. The lowest BCUT2D eigenvalue weighted by molar-refractivity contribution is -0.123. The van der Waals surface area contributed by atoms with Crippen molar-refractivity contribution in [3.8, 4) is 0 Å². The Morgan fingerprint density at radius 1 is 1.50 bits per heavy atom. The molecule has 0 aliphatic carbocycles. The van der Waals surface area contributed by atoms with E-state index >= 15 is 0 Å². The smallest absolute Gasteiger partial charge is 0.250 e. The molecule has 88 valence electrons. The van der Waals surface area contributed by atoms with E-state index in [9.17, 15) is 9.59 Å². The molecule has 1 aromatic rings. The minimum absolute atomic E-state index is 0.0545. The highest BCUT2D eigenvalue weighted by Gasteiger charge is 2.23. The van der Waals surface area contributed by atoms with Crippen LogP contribution >= 0.6 is 0 Å². The molecule has 0 unspecified atom stereocenters. The van der Waals surface area contributed by atoms with E-state index in [1.54, 1.807) is 36.7 Å². The normalized spacial score (nSPS) is 11.4. The Hall–Kier alpha value is -1.62. The molecule has 3 N–H and O–H groups in total. The Balaban J connectivity index is 2.51. The molecular formula is C11H17N3O2. The van der Waals surface area contributed by atoms with Crippen molar-refractivity contribution in [2.75, 3.05) is 6.54 Å². The maximum absolute atomic E-state index is 11.4. The summed E-state index contributed by atoms with van der Waals surface area (Å²) < 4.78 is 1.57. The predicted octanol–water partition coefficient (Wildman–Crippen LogP) is -0.298. The number of hydrogen-bond donors (Lipinski definition) is 2. The molecule has 1 aromatic heterocycles. The molecule has 0 aliphatic heterocycles. The van der Waals surface area contributed by atoms with Gasteiger partial charge in [-0.1, -0.05) is 6.07 Å². The summed E-state index contributed by atoms with van der Waals surface area (Å²) in [5.41, 5.74) is 4.40. The van der Waals surface area contributed by atoms with Crippen molar-refractivity contribution < 1.29 is 4.79 Å². The zero-order chi connectivity index (χ0) is 12.2. The number of nitrogens with one attached hydrogen (secondary N) is 1. The second-order valence-corrected chi connectivity index (χ2v) is 4.15. The number of primary amides is 1. The van der Waals surface area contributed by atoms with Gasteiger partial charge in [0, 0.05) is 25.4 Å². The first kappa shape index (κ1) is 12.4. The molecule has 1 amide bonds. The SMILES string of the molecule is CC(C)(NCCn1ccccc1=O)C(N)=O. The molecule has 0 spiro atoms. The first-order valence-electron chi connectivity index (χ1n) is 5.14. The van der Waals surface area contributed by atoms with Gasteiger partial charge in [-0.25, -0.2) is 0 Å². The van der Waals surface area contributed by atoms with Crippen molar-refractivity contribution >= 4 is 5.91 Å². The van der Waals surface area contributed by atoms with Crippen LogP contribution in [-0.4, -0.2) is 22.6 Å². The highest BCUT2D eigenvalue weighted by Crippen LogP contribution is 1.99. The highest BCUT2D eigenvalue weighted by atomic mass is 16.1. The van der Waals surface area contributed by atoms with Gasteiger partial charge in [0.05, 0.1) is 5.54 Å². The van der Waals surface area contributed by atoms with Gasteiger partial charge in [-0.05, 0) is 19.9 Å². The fourth-order valence-electron chi connectivity index (χ4n) is 1.22. The fraction of sp³-hybridized carbons (Fsp3) is 0.455. The molecular weight excluding hydrogens is 206 g/mol. The summed E-state index contributed by atoms with van der Waals surface area (Å²) in [6.45, 7) is 4.45. The van der Waals surface area contributed by atoms with E-state index < -0.39 is 11.4 Å². The maximum atomic E-state index is 11.4. The minimum Gasteiger partial charge on any atom is -0.368 e. The van der Waals surface area contributed by atoms with Crippen LogP contribution in [0, 0.1) is 0 Å². The molecule has 0 radical (unpaired) electrons. The second kappa shape index (κ2) is 4.94. The predicted molar refractivity (Wildman–Crippen MR) is 62.0 cm³/mol. The van der Waals surface area contributed by atoms with Crippen LogP contribution in [0.15, 0.2) is 29.2 Å². The quantitative estimate of drug-likeness (QED) is 0.719. The molecule has 16 heavy (non-hydrogen) atoms. The third-order valence-electron chi connectivity index (χ3n) is 2.43. The molecule has 5 heteroatoms. The summed E-state index contributed by atoms with van der Waals surface area (Å²) in [4.78, 5) is 22.4. The van der Waals surface area contributed by atoms with Gasteiger partial charge in [0.2, 0.25) is 5.91 Å². The van der Waals surface area contributed by atoms with Crippen molar-refractivity contribution in [1.29, 1.82) is 0 Å². The zero-order valence-corrected chi connectivity index (χ0v) is 9.56. The van der Waals surface area contributed by atoms with Crippen LogP contribution in [0.25, 0.3) is 0 Å². The number of rotatable bonds is 5. The number of carbonyl (C=O) groups excluding carboxylic acids is 1. The maximum Gasteiger partial charge on any atom is 0.250 e. The summed E-state index contributed by atoms with van der Waals surface area (Å²) in [7, 11) is 0. The highest BCUT2D eigenvalue weighted by molar-refractivity contribution is 5.83. The molecule has 0 atom stereocenters. The fourth-order valence-corrected chi connectivity index (χ4v) is 1.22. The number of aromatic nitrogens is 1. The lowest BCUT2D eigenvalue weighted by atomic mass is 10.1. The number of carbonyl (C=O) groups is 1. The minimum atomic E-state index is -0.752. The summed E-state index contributed by atoms with van der Waals surface area (Å²) in [5, 5.41) is 3.00. The van der Waals surface area contributed by atoms with Gasteiger partial charge in [-0.15, -0.1) is 0 Å². The number of nitrogens with zero attached hydrogens (tertiary/aromatic N) is 1. The van der Waals surface area contributed by atoms with Crippen LogP contribution < -0.4 is 16.6 Å². The molecule has 1 heterocycles. The van der Waals surface area contributed by atoms with Gasteiger partial charge in [-0.3, -0.25) is 9.59 Å². The average Bonchev–Trinajstić information content (AvgIpc) is 2.20. The van der Waals surface area contributed by atoms with Crippen LogP contribution in [0.1, 0.15) is 13.8 Å². The molecule has 5 nitrogen and oxygen atoms in total. The number of amides is 1. The van der Waals surface area contributed by atoms with E-state index in [0.717, 1.165) is 0 Å². The third kappa shape index (κ3) is 3.20. The van der Waals surface area contributed by atoms with Gasteiger partial charge in [0.1, 0.15) is 0 Å². The van der Waals surface area contributed by atoms with Crippen molar-refractivity contribution in [2.45, 2.75) is 25.9 Å². The summed E-state index contributed by atoms with van der Waals surface area (Å²) in [6.07, 6.45) is 1.71. The largest absolute Gasteiger partial charge is 0.368 e. The molecule has 0 fully saturated rings. The molecule has 0 aromatic carbocycles. The van der Waals surface area contributed by atoms with E-state index in [0.29, 0.717) is 13.1 Å². The Bertz CT molecular complexity index is 423. The van der Waals surface area contributed by atoms with Gasteiger partial charge >= 0.3 is 0 Å². The van der Waals surface area contributed by atoms with E-state index in [1.165, 1.54) is 6.07 Å². The van der Waals surface area contributed by atoms with Gasteiger partial charge < -0.3 is 15.6 Å². The summed E-state index contributed by atoms with van der Waals surface area (Å²) in [6, 6.07) is 4.99. The molecule has 0 saturated carbocycles. The van der Waals surface area contributed by atoms with Crippen molar-refractivity contribution in [1.82, 2.24) is 9.88 Å². The van der Waals surface area contributed by atoms with Crippen molar-refractivity contribution in [3.63, 3.8) is 0 Å². The molecule has 1 rings (SSSR count). The van der Waals surface area contributed by atoms with E-state index in [1.807, 2.05) is 0 Å². The number of nitrogens with two attached hydrogens (primary N) is 1. The monoisotopic (exact) mass is 223 g/mol. The van der Waals surface area contributed by atoms with Crippen LogP contribution in [0.3, 0.4) is 0 Å². The summed E-state index contributed by atoms with van der Waals surface area (Å²) >= 11 is 0. The first-order valence-corrected chi connectivity index (χ1v) is 5.14. The van der Waals surface area contributed by atoms with Crippen molar-refractivity contribution in [2.24, 2.45) is 5.73 Å². The zero-order valence-electron chi connectivity index (χ0n) is 9.56. The second-order valence-electron chi connectivity index (χ2n) is 4.15.